The molecule has 33 heavy (non-hydrogen) atoms. The highest BCUT2D eigenvalue weighted by Crippen LogP contribution is 2.37. The van der Waals surface area contributed by atoms with Crippen molar-refractivity contribution in [2.75, 3.05) is 5.75 Å². The highest BCUT2D eigenvalue weighted by molar-refractivity contribution is 8.15. The summed E-state index contributed by atoms with van der Waals surface area (Å²) in [6.07, 6.45) is -9.60. The SMILES string of the molecule is CC(=O)C1CSC(c2nc3ccc(OCc4cc(C(F)(F)F)ccc4C(F)(F)F)cc3s2)=N1. The fourth-order valence-electron chi connectivity index (χ4n) is 3.11. The van der Waals surface area contributed by atoms with E-state index in [-0.39, 0.29) is 11.5 Å². The first-order valence-corrected chi connectivity index (χ1v) is 11.2. The normalized spacial score (nSPS) is 16.8. The molecule has 0 radical (unpaired) electrons. The lowest BCUT2D eigenvalue weighted by molar-refractivity contribution is -0.142. The average Bonchev–Trinajstić information content (AvgIpc) is 3.37. The topological polar surface area (TPSA) is 51.5 Å². The molecular weight excluding hydrogens is 490 g/mol. The van der Waals surface area contributed by atoms with Gasteiger partial charge in [0, 0.05) is 11.3 Å². The van der Waals surface area contributed by atoms with E-state index in [1.807, 2.05) is 0 Å². The summed E-state index contributed by atoms with van der Waals surface area (Å²) in [5.41, 5.74) is -2.38. The molecule has 1 atom stereocenters. The monoisotopic (exact) mass is 504 g/mol. The van der Waals surface area contributed by atoms with Crippen molar-refractivity contribution in [1.82, 2.24) is 4.98 Å². The van der Waals surface area contributed by atoms with Crippen LogP contribution in [0.15, 0.2) is 41.4 Å². The first-order valence-electron chi connectivity index (χ1n) is 9.44. The second-order valence-electron chi connectivity index (χ2n) is 7.18. The Morgan fingerprint density at radius 1 is 1.09 bits per heavy atom. The van der Waals surface area contributed by atoms with Crippen LogP contribution in [0.2, 0.25) is 0 Å². The lowest BCUT2D eigenvalue weighted by Gasteiger charge is -2.16. The summed E-state index contributed by atoms with van der Waals surface area (Å²) in [6, 6.07) is 5.49. The fraction of sp³-hybridized carbons (Fsp3) is 0.286. The van der Waals surface area contributed by atoms with E-state index in [1.165, 1.54) is 36.1 Å². The Hall–Kier alpha value is -2.60. The zero-order valence-electron chi connectivity index (χ0n) is 16.8. The second kappa shape index (κ2) is 8.64. The lowest BCUT2D eigenvalue weighted by atomic mass is 10.0. The van der Waals surface area contributed by atoms with Crippen molar-refractivity contribution in [2.45, 2.75) is 31.9 Å². The maximum atomic E-state index is 13.3. The number of hydrogen-bond acceptors (Lipinski definition) is 6. The summed E-state index contributed by atoms with van der Waals surface area (Å²) in [4.78, 5) is 20.3. The van der Waals surface area contributed by atoms with Gasteiger partial charge in [0.1, 0.15) is 28.4 Å². The van der Waals surface area contributed by atoms with Crippen LogP contribution in [0.5, 0.6) is 5.75 Å². The summed E-state index contributed by atoms with van der Waals surface area (Å²) in [5.74, 6) is 0.681. The van der Waals surface area contributed by atoms with Gasteiger partial charge < -0.3 is 4.74 Å². The molecule has 12 heteroatoms. The van der Waals surface area contributed by atoms with Gasteiger partial charge in [-0.2, -0.15) is 26.3 Å². The van der Waals surface area contributed by atoms with Crippen LogP contribution in [-0.2, 0) is 23.8 Å². The number of ketones is 1. The number of ether oxygens (including phenoxy) is 1. The van der Waals surface area contributed by atoms with E-state index in [0.29, 0.717) is 44.2 Å². The number of benzene rings is 2. The van der Waals surface area contributed by atoms with Gasteiger partial charge in [0.15, 0.2) is 5.78 Å². The van der Waals surface area contributed by atoms with E-state index >= 15 is 0 Å². The molecule has 4 rings (SSSR count). The fourth-order valence-corrected chi connectivity index (χ4v) is 5.30. The van der Waals surface area contributed by atoms with Crippen LogP contribution in [0, 0.1) is 0 Å². The number of thiazole rings is 1. The van der Waals surface area contributed by atoms with Gasteiger partial charge in [-0.3, -0.25) is 9.79 Å². The zero-order valence-corrected chi connectivity index (χ0v) is 18.4. The summed E-state index contributed by atoms with van der Waals surface area (Å²) < 4.78 is 84.8. The van der Waals surface area contributed by atoms with Gasteiger partial charge in [0.25, 0.3) is 0 Å². The van der Waals surface area contributed by atoms with E-state index in [2.05, 4.69) is 9.98 Å². The molecule has 1 aliphatic heterocycles. The Labute approximate surface area is 191 Å². The molecule has 0 amide bonds. The quantitative estimate of drug-likeness (QED) is 0.379. The Morgan fingerprint density at radius 2 is 1.85 bits per heavy atom. The Bertz CT molecular complexity index is 1250. The average molecular weight is 504 g/mol. The minimum Gasteiger partial charge on any atom is -0.489 e. The van der Waals surface area contributed by atoms with E-state index in [9.17, 15) is 31.1 Å². The van der Waals surface area contributed by atoms with Crippen LogP contribution in [0.3, 0.4) is 0 Å². The third-order valence-electron chi connectivity index (χ3n) is 4.80. The number of hydrogen-bond donors (Lipinski definition) is 0. The number of carbonyl (C=O) groups excluding carboxylic acids is 1. The van der Waals surface area contributed by atoms with Crippen LogP contribution < -0.4 is 4.74 Å². The van der Waals surface area contributed by atoms with Crippen molar-refractivity contribution < 1.29 is 35.9 Å². The largest absolute Gasteiger partial charge is 0.489 e. The number of alkyl halides is 6. The maximum Gasteiger partial charge on any atom is 0.416 e. The van der Waals surface area contributed by atoms with Crippen LogP contribution in [0.1, 0.15) is 28.6 Å². The molecule has 0 bridgehead atoms. The van der Waals surface area contributed by atoms with Crippen molar-refractivity contribution in [3.63, 3.8) is 0 Å². The minimum atomic E-state index is -4.82. The molecule has 174 valence electrons. The highest BCUT2D eigenvalue weighted by Gasteiger charge is 2.37. The first-order chi connectivity index (χ1) is 15.4. The molecule has 4 nitrogen and oxygen atoms in total. The number of aliphatic imine (C=N–C) groups is 1. The number of aromatic nitrogens is 1. The summed E-state index contributed by atoms with van der Waals surface area (Å²) in [5, 5.41) is 1.24. The van der Waals surface area contributed by atoms with Crippen LogP contribution in [-0.4, -0.2) is 27.6 Å². The molecule has 0 fully saturated rings. The van der Waals surface area contributed by atoms with Gasteiger partial charge in [0.2, 0.25) is 0 Å². The number of nitrogens with zero attached hydrogens (tertiary/aromatic N) is 2. The lowest BCUT2D eigenvalue weighted by Crippen LogP contribution is -2.14. The van der Waals surface area contributed by atoms with Crippen molar-refractivity contribution >= 4 is 44.1 Å². The third-order valence-corrected chi connectivity index (χ3v) is 7.00. The van der Waals surface area contributed by atoms with Gasteiger partial charge in [-0.1, -0.05) is 0 Å². The van der Waals surface area contributed by atoms with Gasteiger partial charge in [-0.25, -0.2) is 4.98 Å². The Kier molecular flexibility index (Phi) is 6.16. The zero-order chi connectivity index (χ0) is 24.0. The molecular formula is C21H14F6N2O2S2. The van der Waals surface area contributed by atoms with Gasteiger partial charge >= 0.3 is 12.4 Å². The second-order valence-corrected chi connectivity index (χ2v) is 9.22. The standard InChI is InChI=1S/C21H14F6N2O2S2/c1-10(30)16-9-32-18(29-16)19-28-15-5-3-13(7-17(15)33-19)31-8-11-6-12(20(22,23)24)2-4-14(11)21(25,26)27/h2-7,16H,8-9H2,1H3. The molecule has 0 saturated carbocycles. The molecule has 0 aliphatic carbocycles. The van der Waals surface area contributed by atoms with Crippen LogP contribution >= 0.6 is 23.1 Å². The number of halogens is 6. The number of Topliss-reactive ketones (excluding diaryl/α,β-unsaturated/α-hetero) is 1. The number of carbonyl (C=O) groups is 1. The molecule has 2 heterocycles. The molecule has 0 spiro atoms. The van der Waals surface area contributed by atoms with E-state index in [1.54, 1.807) is 12.1 Å². The van der Waals surface area contributed by atoms with Crippen LogP contribution in [0.4, 0.5) is 26.3 Å². The molecule has 1 unspecified atom stereocenters. The number of fused-ring (bicyclic) bond motifs is 1. The van der Waals surface area contributed by atoms with Crippen LogP contribution in [0.25, 0.3) is 10.2 Å². The summed E-state index contributed by atoms with van der Waals surface area (Å²) >= 11 is 2.69. The Balaban J connectivity index is 1.58. The van der Waals surface area contributed by atoms with Crippen molar-refractivity contribution in [3.05, 3.63) is 58.1 Å². The van der Waals surface area contributed by atoms with Crippen molar-refractivity contribution in [1.29, 1.82) is 0 Å². The van der Waals surface area contributed by atoms with Gasteiger partial charge in [-0.15, -0.1) is 23.1 Å². The third kappa shape index (κ3) is 5.16. The molecule has 1 aromatic heterocycles. The molecule has 1 aliphatic rings. The predicted octanol–water partition coefficient (Wildman–Crippen LogP) is 6.36. The first kappa shape index (κ1) is 23.6. The number of thioether (sulfide) groups is 1. The van der Waals surface area contributed by atoms with Gasteiger partial charge in [0.05, 0.1) is 21.3 Å². The van der Waals surface area contributed by atoms with Gasteiger partial charge in [-0.05, 0) is 43.3 Å². The predicted molar refractivity (Wildman–Crippen MR) is 114 cm³/mol. The van der Waals surface area contributed by atoms with Crippen molar-refractivity contribution in [3.8, 4) is 5.75 Å². The van der Waals surface area contributed by atoms with E-state index < -0.39 is 41.7 Å². The van der Waals surface area contributed by atoms with E-state index in [4.69, 9.17) is 4.74 Å². The summed E-state index contributed by atoms with van der Waals surface area (Å²) in [6.45, 7) is 0.771. The number of rotatable bonds is 5. The molecule has 2 aromatic carbocycles. The highest BCUT2D eigenvalue weighted by atomic mass is 32.2. The summed E-state index contributed by atoms with van der Waals surface area (Å²) in [7, 11) is 0. The van der Waals surface area contributed by atoms with Crippen molar-refractivity contribution in [2.24, 2.45) is 4.99 Å². The Morgan fingerprint density at radius 3 is 2.48 bits per heavy atom. The maximum absolute atomic E-state index is 13.3. The molecule has 0 saturated heterocycles. The van der Waals surface area contributed by atoms with E-state index in [0.717, 1.165) is 0 Å². The molecule has 3 aromatic rings. The minimum absolute atomic E-state index is 0.0397. The smallest absolute Gasteiger partial charge is 0.416 e. The molecule has 0 N–H and O–H groups in total.